The number of aromatic hydroxyl groups is 2. The lowest BCUT2D eigenvalue weighted by Crippen LogP contribution is -2.18. The van der Waals surface area contributed by atoms with E-state index in [0.29, 0.717) is 6.54 Å². The summed E-state index contributed by atoms with van der Waals surface area (Å²) in [5.74, 6) is 0.464. The molecule has 7 heteroatoms. The number of anilines is 1. The van der Waals surface area contributed by atoms with Gasteiger partial charge in [0.2, 0.25) is 0 Å². The molecule has 3 aromatic rings. The molecule has 23 heavy (non-hydrogen) atoms. The summed E-state index contributed by atoms with van der Waals surface area (Å²) < 4.78 is 2.00. The molecular weight excluding hydrogens is 294 g/mol. The Labute approximate surface area is 133 Å². The fourth-order valence-electron chi connectivity index (χ4n) is 2.51. The van der Waals surface area contributed by atoms with E-state index in [4.69, 9.17) is 0 Å². The molecule has 1 aromatic carbocycles. The molecule has 0 radical (unpaired) electrons. The first-order valence-electron chi connectivity index (χ1n) is 7.37. The van der Waals surface area contributed by atoms with E-state index in [1.54, 1.807) is 12.4 Å². The van der Waals surface area contributed by atoms with E-state index in [0.717, 1.165) is 22.5 Å². The van der Waals surface area contributed by atoms with Crippen molar-refractivity contribution >= 4 is 17.0 Å². The molecular formula is C16H19N5O2. The Morgan fingerprint density at radius 3 is 2.61 bits per heavy atom. The molecule has 0 fully saturated rings. The summed E-state index contributed by atoms with van der Waals surface area (Å²) in [6, 6.07) is 5.04. The second-order valence-electron chi connectivity index (χ2n) is 5.79. The highest BCUT2D eigenvalue weighted by Crippen LogP contribution is 2.27. The predicted molar refractivity (Wildman–Crippen MR) is 87.6 cm³/mol. The van der Waals surface area contributed by atoms with Crippen molar-refractivity contribution in [1.29, 1.82) is 0 Å². The van der Waals surface area contributed by atoms with Gasteiger partial charge in [-0.3, -0.25) is 0 Å². The topological polar surface area (TPSA) is 87.3 Å². The van der Waals surface area contributed by atoms with E-state index in [1.165, 1.54) is 18.5 Å². The number of nitrogens with zero attached hydrogens (tertiary/aromatic N) is 5. The minimum Gasteiger partial charge on any atom is -0.504 e. The number of fused-ring (bicyclic) bond motifs is 1. The van der Waals surface area contributed by atoms with Crippen LogP contribution in [0.5, 0.6) is 11.5 Å². The van der Waals surface area contributed by atoms with Crippen LogP contribution in [-0.2, 0) is 6.54 Å². The molecule has 7 nitrogen and oxygen atoms in total. The molecule has 0 aliphatic heterocycles. The van der Waals surface area contributed by atoms with Crippen molar-refractivity contribution in [2.45, 2.75) is 26.4 Å². The highest BCUT2D eigenvalue weighted by atomic mass is 16.3. The Bertz CT molecular complexity index is 844. The molecule has 0 saturated heterocycles. The zero-order valence-electron chi connectivity index (χ0n) is 13.3. The van der Waals surface area contributed by atoms with Gasteiger partial charge in [0, 0.05) is 19.6 Å². The molecule has 0 bridgehead atoms. The largest absolute Gasteiger partial charge is 0.504 e. The van der Waals surface area contributed by atoms with E-state index in [9.17, 15) is 10.2 Å². The van der Waals surface area contributed by atoms with Gasteiger partial charge in [-0.15, -0.1) is 0 Å². The summed E-state index contributed by atoms with van der Waals surface area (Å²) in [5.41, 5.74) is 2.40. The molecule has 120 valence electrons. The van der Waals surface area contributed by atoms with Crippen LogP contribution in [0.2, 0.25) is 0 Å². The van der Waals surface area contributed by atoms with Crippen LogP contribution in [0.15, 0.2) is 30.9 Å². The summed E-state index contributed by atoms with van der Waals surface area (Å²) in [4.78, 5) is 15.0. The highest BCUT2D eigenvalue weighted by Gasteiger charge is 2.15. The van der Waals surface area contributed by atoms with Gasteiger partial charge in [0.25, 0.3) is 0 Å². The summed E-state index contributed by atoms with van der Waals surface area (Å²) >= 11 is 0. The first-order chi connectivity index (χ1) is 11.0. The first-order valence-corrected chi connectivity index (χ1v) is 7.37. The second-order valence-corrected chi connectivity index (χ2v) is 5.79. The number of imidazole rings is 1. The third-order valence-corrected chi connectivity index (χ3v) is 3.72. The van der Waals surface area contributed by atoms with E-state index in [1.807, 2.05) is 16.5 Å². The average Bonchev–Trinajstić information content (AvgIpc) is 2.95. The minimum absolute atomic E-state index is 0.128. The summed E-state index contributed by atoms with van der Waals surface area (Å²) in [6.07, 6.45) is 3.30. The molecule has 0 aliphatic carbocycles. The van der Waals surface area contributed by atoms with E-state index in [2.05, 4.69) is 28.8 Å². The van der Waals surface area contributed by atoms with Gasteiger partial charge in [-0.1, -0.05) is 6.07 Å². The monoisotopic (exact) mass is 313 g/mol. The number of benzene rings is 1. The number of hydrogen-bond acceptors (Lipinski definition) is 6. The molecule has 0 aliphatic rings. The van der Waals surface area contributed by atoms with Gasteiger partial charge in [0.1, 0.15) is 6.33 Å². The Morgan fingerprint density at radius 2 is 1.91 bits per heavy atom. The molecule has 2 heterocycles. The lowest BCUT2D eigenvalue weighted by Gasteiger charge is -2.18. The van der Waals surface area contributed by atoms with Crippen LogP contribution in [0.1, 0.15) is 25.5 Å². The number of aromatic nitrogens is 4. The molecule has 0 unspecified atom stereocenters. The summed E-state index contributed by atoms with van der Waals surface area (Å²) in [7, 11) is 1.90. The Morgan fingerprint density at radius 1 is 1.13 bits per heavy atom. The van der Waals surface area contributed by atoms with Gasteiger partial charge >= 0.3 is 0 Å². The van der Waals surface area contributed by atoms with Gasteiger partial charge in [-0.25, -0.2) is 15.0 Å². The number of phenols is 2. The fraction of sp³-hybridized carbons (Fsp3) is 0.312. The van der Waals surface area contributed by atoms with Crippen LogP contribution in [0.4, 0.5) is 5.82 Å². The molecule has 0 atom stereocenters. The van der Waals surface area contributed by atoms with Gasteiger partial charge in [0.15, 0.2) is 28.5 Å². The zero-order valence-corrected chi connectivity index (χ0v) is 13.3. The fourth-order valence-corrected chi connectivity index (χ4v) is 2.51. The lowest BCUT2D eigenvalue weighted by molar-refractivity contribution is 0.403. The van der Waals surface area contributed by atoms with Crippen molar-refractivity contribution < 1.29 is 10.2 Å². The van der Waals surface area contributed by atoms with Crippen LogP contribution in [-0.4, -0.2) is 36.8 Å². The van der Waals surface area contributed by atoms with Crippen molar-refractivity contribution in [3.05, 3.63) is 36.4 Å². The van der Waals surface area contributed by atoms with Crippen LogP contribution in [0.3, 0.4) is 0 Å². The predicted octanol–water partition coefficient (Wildman–Crippen LogP) is 2.45. The molecule has 0 spiro atoms. The normalized spacial score (nSPS) is 11.3. The molecule has 3 rings (SSSR count). The SMILES string of the molecule is CC(C)n1cnc2c(N(C)Cc3ccc(O)c(O)c3)ncnc21. The summed E-state index contributed by atoms with van der Waals surface area (Å²) in [6.45, 7) is 4.67. The lowest BCUT2D eigenvalue weighted by atomic mass is 10.2. The quantitative estimate of drug-likeness (QED) is 0.719. The molecule has 2 aromatic heterocycles. The van der Waals surface area contributed by atoms with Crippen LogP contribution >= 0.6 is 0 Å². The van der Waals surface area contributed by atoms with E-state index in [-0.39, 0.29) is 17.5 Å². The molecule has 0 saturated carbocycles. The van der Waals surface area contributed by atoms with Crippen molar-refractivity contribution in [1.82, 2.24) is 19.5 Å². The van der Waals surface area contributed by atoms with Crippen LogP contribution < -0.4 is 4.90 Å². The molecule has 2 N–H and O–H groups in total. The number of phenolic OH excluding ortho intramolecular Hbond substituents is 2. The number of rotatable bonds is 4. The van der Waals surface area contributed by atoms with Gasteiger partial charge in [-0.2, -0.15) is 0 Å². The standard InChI is InChI=1S/C16H19N5O2/c1-10(2)21-9-19-14-15(17-8-18-16(14)21)20(3)7-11-4-5-12(22)13(23)6-11/h4-6,8-10,22-23H,7H2,1-3H3. The third kappa shape index (κ3) is 2.77. The average molecular weight is 313 g/mol. The smallest absolute Gasteiger partial charge is 0.165 e. The van der Waals surface area contributed by atoms with Crippen molar-refractivity contribution in [2.24, 2.45) is 0 Å². The molecule has 0 amide bonds. The first kappa shape index (κ1) is 15.1. The van der Waals surface area contributed by atoms with Gasteiger partial charge < -0.3 is 19.7 Å². The summed E-state index contributed by atoms with van der Waals surface area (Å²) in [5, 5.41) is 19.0. The maximum absolute atomic E-state index is 9.61. The number of hydrogen-bond donors (Lipinski definition) is 2. The minimum atomic E-state index is -0.132. The maximum Gasteiger partial charge on any atom is 0.165 e. The zero-order chi connectivity index (χ0) is 16.6. The van der Waals surface area contributed by atoms with Crippen LogP contribution in [0.25, 0.3) is 11.2 Å². The van der Waals surface area contributed by atoms with Gasteiger partial charge in [0.05, 0.1) is 6.33 Å². The Kier molecular flexibility index (Phi) is 3.77. The van der Waals surface area contributed by atoms with E-state index < -0.39 is 0 Å². The Balaban J connectivity index is 1.94. The van der Waals surface area contributed by atoms with Crippen molar-refractivity contribution in [3.8, 4) is 11.5 Å². The van der Waals surface area contributed by atoms with Crippen molar-refractivity contribution in [3.63, 3.8) is 0 Å². The second kappa shape index (κ2) is 5.75. The van der Waals surface area contributed by atoms with Crippen LogP contribution in [0, 0.1) is 0 Å². The Hall–Kier alpha value is -2.83. The van der Waals surface area contributed by atoms with E-state index >= 15 is 0 Å². The van der Waals surface area contributed by atoms with Gasteiger partial charge in [-0.05, 0) is 31.5 Å². The maximum atomic E-state index is 9.61. The van der Waals surface area contributed by atoms with Crippen molar-refractivity contribution in [2.75, 3.05) is 11.9 Å². The third-order valence-electron chi connectivity index (χ3n) is 3.72. The highest BCUT2D eigenvalue weighted by molar-refractivity contribution is 5.83.